The van der Waals surface area contributed by atoms with Crippen LogP contribution in [-0.4, -0.2) is 50.9 Å². The molecule has 2 atom stereocenters. The Bertz CT molecular complexity index is 972. The summed E-state index contributed by atoms with van der Waals surface area (Å²) in [4.78, 5) is 54.3. The predicted octanol–water partition coefficient (Wildman–Crippen LogP) is 1.05. The second-order valence-corrected chi connectivity index (χ2v) is 8.05. The molecular formula is C22H27N5O5. The van der Waals surface area contributed by atoms with Gasteiger partial charge in [0.15, 0.2) is 11.6 Å². The summed E-state index contributed by atoms with van der Waals surface area (Å²) >= 11 is 0. The third-order valence-corrected chi connectivity index (χ3v) is 5.17. The molecule has 0 fully saturated rings. The standard InChI is InChI=1S/C22H27N5O5/c1-14(2)19(25-22(31)32-12-15-6-4-3-5-7-15)17(28)10-16-11-27-13-24-18(26-27)8-9-23-21(30)20(16)29/h3-7,13-14,16,19H,8-12H2,1-2H3,(H,23,30)(H,25,31). The van der Waals surface area contributed by atoms with Crippen molar-refractivity contribution in [3.63, 3.8) is 0 Å². The Hall–Kier alpha value is -3.56. The zero-order chi connectivity index (χ0) is 23.1. The first-order chi connectivity index (χ1) is 15.3. The van der Waals surface area contributed by atoms with E-state index in [2.05, 4.69) is 20.7 Å². The minimum atomic E-state index is -0.918. The lowest BCUT2D eigenvalue weighted by Gasteiger charge is -2.23. The van der Waals surface area contributed by atoms with E-state index in [-0.39, 0.29) is 37.8 Å². The first-order valence-electron chi connectivity index (χ1n) is 10.5. The zero-order valence-corrected chi connectivity index (χ0v) is 18.1. The van der Waals surface area contributed by atoms with E-state index >= 15 is 0 Å². The van der Waals surface area contributed by atoms with Gasteiger partial charge in [0.2, 0.25) is 5.78 Å². The molecule has 2 N–H and O–H groups in total. The van der Waals surface area contributed by atoms with Crippen LogP contribution >= 0.6 is 0 Å². The number of aromatic nitrogens is 3. The molecule has 0 radical (unpaired) electrons. The molecule has 2 unspecified atom stereocenters. The van der Waals surface area contributed by atoms with Gasteiger partial charge in [-0.1, -0.05) is 44.2 Å². The van der Waals surface area contributed by atoms with Crippen LogP contribution in [0.15, 0.2) is 36.7 Å². The molecule has 10 nitrogen and oxygen atoms in total. The highest BCUT2D eigenvalue weighted by atomic mass is 16.5. The summed E-state index contributed by atoms with van der Waals surface area (Å²) < 4.78 is 6.69. The summed E-state index contributed by atoms with van der Waals surface area (Å²) in [7, 11) is 0. The number of ether oxygens (including phenoxy) is 1. The number of amides is 2. The van der Waals surface area contributed by atoms with Gasteiger partial charge in [-0.25, -0.2) is 9.78 Å². The Labute approximate surface area is 185 Å². The fourth-order valence-electron chi connectivity index (χ4n) is 3.44. The lowest BCUT2D eigenvalue weighted by atomic mass is 9.90. The van der Waals surface area contributed by atoms with Crippen LogP contribution in [0.3, 0.4) is 0 Å². The molecule has 1 aliphatic heterocycles. The van der Waals surface area contributed by atoms with E-state index in [0.717, 1.165) is 5.56 Å². The minimum absolute atomic E-state index is 0.0499. The fourth-order valence-corrected chi connectivity index (χ4v) is 3.44. The van der Waals surface area contributed by atoms with Crippen molar-refractivity contribution in [3.05, 3.63) is 48.0 Å². The Morgan fingerprint density at radius 1 is 1.25 bits per heavy atom. The van der Waals surface area contributed by atoms with Crippen LogP contribution in [0, 0.1) is 11.8 Å². The van der Waals surface area contributed by atoms with Crippen molar-refractivity contribution in [3.8, 4) is 0 Å². The van der Waals surface area contributed by atoms with E-state index in [4.69, 9.17) is 4.74 Å². The smallest absolute Gasteiger partial charge is 0.408 e. The number of Topliss-reactive ketones (excluding diaryl/α,β-unsaturated/α-hetero) is 2. The predicted molar refractivity (Wildman–Crippen MR) is 113 cm³/mol. The highest BCUT2D eigenvalue weighted by Crippen LogP contribution is 2.15. The number of hydrogen-bond donors (Lipinski definition) is 2. The number of fused-ring (bicyclic) bond motifs is 2. The molecule has 0 saturated carbocycles. The van der Waals surface area contributed by atoms with Gasteiger partial charge in [0.05, 0.1) is 18.5 Å². The average Bonchev–Trinajstić information content (AvgIpc) is 3.21. The number of carbonyl (C=O) groups excluding carboxylic acids is 4. The molecule has 0 saturated heterocycles. The van der Waals surface area contributed by atoms with Crippen molar-refractivity contribution < 1.29 is 23.9 Å². The number of ketones is 2. The van der Waals surface area contributed by atoms with Crippen LogP contribution in [0.1, 0.15) is 31.7 Å². The van der Waals surface area contributed by atoms with Crippen molar-refractivity contribution in [1.29, 1.82) is 0 Å². The number of hydrogen-bond acceptors (Lipinski definition) is 7. The Balaban J connectivity index is 1.65. The second kappa shape index (κ2) is 10.7. The molecule has 2 aromatic rings. The van der Waals surface area contributed by atoms with Crippen LogP contribution in [0.4, 0.5) is 4.79 Å². The van der Waals surface area contributed by atoms with Gasteiger partial charge in [-0.2, -0.15) is 5.10 Å². The molecule has 1 aromatic carbocycles. The van der Waals surface area contributed by atoms with Crippen LogP contribution in [0.5, 0.6) is 0 Å². The minimum Gasteiger partial charge on any atom is -0.445 e. The maximum atomic E-state index is 13.0. The molecule has 0 spiro atoms. The van der Waals surface area contributed by atoms with Gasteiger partial charge in [0.1, 0.15) is 12.9 Å². The first-order valence-corrected chi connectivity index (χ1v) is 10.5. The topological polar surface area (TPSA) is 132 Å². The van der Waals surface area contributed by atoms with Crippen molar-refractivity contribution in [2.45, 2.75) is 45.9 Å². The molecule has 10 heteroatoms. The summed E-state index contributed by atoms with van der Waals surface area (Å²) in [5, 5.41) is 9.41. The Morgan fingerprint density at radius 2 is 2.00 bits per heavy atom. The number of nitrogens with one attached hydrogen (secondary N) is 2. The number of benzene rings is 1. The Kier molecular flexibility index (Phi) is 7.69. The molecule has 170 valence electrons. The maximum Gasteiger partial charge on any atom is 0.408 e. The van der Waals surface area contributed by atoms with Gasteiger partial charge in [0, 0.05) is 19.4 Å². The lowest BCUT2D eigenvalue weighted by molar-refractivity contribution is -0.141. The van der Waals surface area contributed by atoms with Crippen LogP contribution in [-0.2, 0) is 38.7 Å². The Morgan fingerprint density at radius 3 is 2.72 bits per heavy atom. The van der Waals surface area contributed by atoms with Crippen molar-refractivity contribution in [2.75, 3.05) is 6.54 Å². The number of alkyl carbamates (subject to hydrolysis) is 1. The first kappa shape index (κ1) is 23.1. The fraction of sp³-hybridized carbons (Fsp3) is 0.455. The molecular weight excluding hydrogens is 414 g/mol. The van der Waals surface area contributed by atoms with Crippen LogP contribution < -0.4 is 10.6 Å². The zero-order valence-electron chi connectivity index (χ0n) is 18.1. The summed E-state index contributed by atoms with van der Waals surface area (Å²) in [5.41, 5.74) is 0.820. The van der Waals surface area contributed by atoms with Crippen molar-refractivity contribution in [2.24, 2.45) is 11.8 Å². The number of nitrogens with zero attached hydrogens (tertiary/aromatic N) is 3. The summed E-state index contributed by atoms with van der Waals surface area (Å²) in [6, 6.07) is 8.31. The van der Waals surface area contributed by atoms with Gasteiger partial charge in [-0.05, 0) is 11.5 Å². The third kappa shape index (κ3) is 6.22. The number of rotatable bonds is 7. The van der Waals surface area contributed by atoms with Gasteiger partial charge in [0.25, 0.3) is 5.91 Å². The van der Waals surface area contributed by atoms with E-state index in [9.17, 15) is 19.2 Å². The molecule has 2 bridgehead atoms. The largest absolute Gasteiger partial charge is 0.445 e. The molecule has 0 aliphatic carbocycles. The average molecular weight is 441 g/mol. The number of carbonyl (C=O) groups is 4. The van der Waals surface area contributed by atoms with Gasteiger partial charge >= 0.3 is 6.09 Å². The SMILES string of the molecule is CC(C)C(NC(=O)OCc1ccccc1)C(=O)CC1Cn2cnc(n2)CCNC(=O)C1=O. The molecule has 3 rings (SSSR count). The highest BCUT2D eigenvalue weighted by Gasteiger charge is 2.33. The highest BCUT2D eigenvalue weighted by molar-refractivity contribution is 6.37. The summed E-state index contributed by atoms with van der Waals surface area (Å²) in [5.74, 6) is -2.40. The quantitative estimate of drug-likeness (QED) is 0.614. The normalized spacial score (nSPS) is 17.4. The van der Waals surface area contributed by atoms with Crippen molar-refractivity contribution >= 4 is 23.6 Å². The van der Waals surface area contributed by atoms with Gasteiger partial charge in [-0.3, -0.25) is 19.1 Å². The van der Waals surface area contributed by atoms with E-state index < -0.39 is 29.7 Å². The molecule has 1 aromatic heterocycles. The molecule has 2 heterocycles. The van der Waals surface area contributed by atoms with Crippen LogP contribution in [0.25, 0.3) is 0 Å². The maximum absolute atomic E-state index is 13.0. The van der Waals surface area contributed by atoms with E-state index in [1.165, 1.54) is 11.0 Å². The van der Waals surface area contributed by atoms with Gasteiger partial charge < -0.3 is 15.4 Å². The van der Waals surface area contributed by atoms with Crippen LogP contribution in [0.2, 0.25) is 0 Å². The van der Waals surface area contributed by atoms with Gasteiger partial charge in [-0.15, -0.1) is 0 Å². The second-order valence-electron chi connectivity index (χ2n) is 8.05. The van der Waals surface area contributed by atoms with E-state index in [0.29, 0.717) is 12.2 Å². The van der Waals surface area contributed by atoms with E-state index in [1.54, 1.807) is 13.8 Å². The molecule has 32 heavy (non-hydrogen) atoms. The lowest BCUT2D eigenvalue weighted by Crippen LogP contribution is -2.47. The molecule has 1 aliphatic rings. The summed E-state index contributed by atoms with van der Waals surface area (Å²) in [6.07, 6.45) is 0.954. The monoisotopic (exact) mass is 441 g/mol. The molecule has 2 amide bonds. The third-order valence-electron chi connectivity index (χ3n) is 5.17. The van der Waals surface area contributed by atoms with Crippen molar-refractivity contribution in [1.82, 2.24) is 25.4 Å². The van der Waals surface area contributed by atoms with E-state index in [1.807, 2.05) is 30.3 Å². The summed E-state index contributed by atoms with van der Waals surface area (Å²) in [6.45, 7) is 3.92.